The summed E-state index contributed by atoms with van der Waals surface area (Å²) in [6.07, 6.45) is -1.83. The van der Waals surface area contributed by atoms with Crippen molar-refractivity contribution in [3.63, 3.8) is 0 Å². The van der Waals surface area contributed by atoms with Gasteiger partial charge in [0, 0.05) is 29.1 Å². The van der Waals surface area contributed by atoms with E-state index in [0.29, 0.717) is 11.4 Å². The third-order valence-electron chi connectivity index (χ3n) is 4.35. The number of anilines is 4. The van der Waals surface area contributed by atoms with Crippen molar-refractivity contribution >= 4 is 39.1 Å². The van der Waals surface area contributed by atoms with Gasteiger partial charge in [-0.15, -0.1) is 0 Å². The average Bonchev–Trinajstić information content (AvgIpc) is 2.69. The number of hydrogen-bond acceptors (Lipinski definition) is 4. The number of nitrogens with zero attached hydrogens (tertiary/aromatic N) is 3. The zero-order valence-corrected chi connectivity index (χ0v) is 17.5. The third kappa shape index (κ3) is 5.26. The van der Waals surface area contributed by atoms with Crippen molar-refractivity contribution in [1.29, 1.82) is 0 Å². The first kappa shape index (κ1) is 21.1. The molecule has 0 radical (unpaired) electrons. The van der Waals surface area contributed by atoms with Crippen molar-refractivity contribution in [2.24, 2.45) is 0 Å². The van der Waals surface area contributed by atoms with E-state index in [2.05, 4.69) is 38.1 Å². The second kappa shape index (κ2) is 8.82. The molecule has 4 nitrogen and oxygen atoms in total. The molecule has 0 amide bonds. The van der Waals surface area contributed by atoms with Gasteiger partial charge in [-0.3, -0.25) is 0 Å². The van der Waals surface area contributed by atoms with Gasteiger partial charge in [0.25, 0.3) is 0 Å². The zero-order chi connectivity index (χ0) is 21.0. The van der Waals surface area contributed by atoms with Gasteiger partial charge in [-0.2, -0.15) is 18.2 Å². The summed E-state index contributed by atoms with van der Waals surface area (Å²) in [5, 5.41) is 2.95. The summed E-state index contributed by atoms with van der Waals surface area (Å²) in [7, 11) is 1.57. The van der Waals surface area contributed by atoms with Crippen LogP contribution in [-0.2, 0) is 12.6 Å². The van der Waals surface area contributed by atoms with Gasteiger partial charge in [0.1, 0.15) is 5.56 Å². The molecule has 0 bridgehead atoms. The Morgan fingerprint density at radius 1 is 1.03 bits per heavy atom. The van der Waals surface area contributed by atoms with Crippen LogP contribution in [0.5, 0.6) is 0 Å². The molecule has 3 rings (SSSR count). The van der Waals surface area contributed by atoms with Crippen LogP contribution in [0.3, 0.4) is 0 Å². The minimum atomic E-state index is -4.57. The molecule has 29 heavy (non-hydrogen) atoms. The van der Waals surface area contributed by atoms with Gasteiger partial charge in [-0.1, -0.05) is 41.4 Å². The van der Waals surface area contributed by atoms with Gasteiger partial charge in [0.05, 0.1) is 0 Å². The van der Waals surface area contributed by atoms with E-state index in [1.807, 2.05) is 24.3 Å². The molecule has 0 spiro atoms. The van der Waals surface area contributed by atoms with E-state index in [9.17, 15) is 13.2 Å². The summed E-state index contributed by atoms with van der Waals surface area (Å²) < 4.78 is 41.6. The van der Waals surface area contributed by atoms with E-state index in [1.165, 1.54) is 4.90 Å². The summed E-state index contributed by atoms with van der Waals surface area (Å²) in [4.78, 5) is 9.44. The van der Waals surface area contributed by atoms with Gasteiger partial charge in [0.2, 0.25) is 5.95 Å². The van der Waals surface area contributed by atoms with E-state index < -0.39 is 11.7 Å². The van der Waals surface area contributed by atoms with Crippen LogP contribution in [0, 0.1) is 0 Å². The first-order valence-corrected chi connectivity index (χ1v) is 9.86. The Hall–Kier alpha value is -2.61. The Balaban J connectivity index is 1.96. The Bertz CT molecular complexity index is 957. The highest BCUT2D eigenvalue weighted by atomic mass is 79.9. The van der Waals surface area contributed by atoms with Crippen molar-refractivity contribution in [2.45, 2.75) is 25.9 Å². The fourth-order valence-corrected chi connectivity index (χ4v) is 3.11. The molecule has 3 aromatic rings. The zero-order valence-electron chi connectivity index (χ0n) is 16.0. The van der Waals surface area contributed by atoms with Crippen LogP contribution < -0.4 is 10.2 Å². The number of benzene rings is 2. The smallest absolute Gasteiger partial charge is 0.329 e. The maximum Gasteiger partial charge on any atom is 0.421 e. The van der Waals surface area contributed by atoms with Crippen molar-refractivity contribution < 1.29 is 13.2 Å². The quantitative estimate of drug-likeness (QED) is 0.439. The monoisotopic (exact) mass is 464 g/mol. The minimum Gasteiger partial charge on any atom is -0.329 e. The largest absolute Gasteiger partial charge is 0.421 e. The second-order valence-electron chi connectivity index (χ2n) is 6.54. The molecule has 0 aliphatic carbocycles. The van der Waals surface area contributed by atoms with Crippen molar-refractivity contribution in [2.75, 3.05) is 17.3 Å². The predicted molar refractivity (Wildman–Crippen MR) is 113 cm³/mol. The Labute approximate surface area is 175 Å². The van der Waals surface area contributed by atoms with Crippen molar-refractivity contribution in [3.8, 4) is 0 Å². The molecule has 0 fully saturated rings. The SMILES string of the molecule is CCCc1ccc(N(C)c2nc(Nc3ccc(Br)cc3)ncc2C(F)(F)F)cc1. The fraction of sp³-hybridized carbons (Fsp3) is 0.238. The molecule has 152 valence electrons. The summed E-state index contributed by atoms with van der Waals surface area (Å²) in [6, 6.07) is 14.6. The molecule has 1 N–H and O–H groups in total. The summed E-state index contributed by atoms with van der Waals surface area (Å²) in [6.45, 7) is 2.08. The summed E-state index contributed by atoms with van der Waals surface area (Å²) in [5.41, 5.74) is 1.54. The number of rotatable bonds is 6. The van der Waals surface area contributed by atoms with E-state index in [4.69, 9.17) is 0 Å². The van der Waals surface area contributed by atoms with Crippen LogP contribution in [0.15, 0.2) is 59.2 Å². The topological polar surface area (TPSA) is 41.1 Å². The minimum absolute atomic E-state index is 0.0878. The molecule has 0 unspecified atom stereocenters. The van der Waals surface area contributed by atoms with Crippen molar-refractivity contribution in [1.82, 2.24) is 9.97 Å². The second-order valence-corrected chi connectivity index (χ2v) is 7.45. The number of hydrogen-bond donors (Lipinski definition) is 1. The first-order valence-electron chi connectivity index (χ1n) is 9.07. The van der Waals surface area contributed by atoms with E-state index in [1.54, 1.807) is 31.3 Å². The van der Waals surface area contributed by atoms with Crippen LogP contribution in [-0.4, -0.2) is 17.0 Å². The van der Waals surface area contributed by atoms with Crippen LogP contribution in [0.2, 0.25) is 0 Å². The molecule has 0 aliphatic rings. The predicted octanol–water partition coefficient (Wildman–Crippen LogP) is 6.72. The Morgan fingerprint density at radius 3 is 2.28 bits per heavy atom. The molecule has 1 heterocycles. The standard InChI is InChI=1S/C21H20BrF3N4/c1-3-4-14-5-11-17(12-6-14)29(2)19-18(21(23,24)25)13-26-20(28-19)27-16-9-7-15(22)8-10-16/h5-13H,3-4H2,1-2H3,(H,26,27,28). The molecule has 0 aliphatic heterocycles. The lowest BCUT2D eigenvalue weighted by molar-refractivity contribution is -0.137. The average molecular weight is 465 g/mol. The molecule has 8 heteroatoms. The normalized spacial score (nSPS) is 11.4. The maximum absolute atomic E-state index is 13.6. The fourth-order valence-electron chi connectivity index (χ4n) is 2.85. The highest BCUT2D eigenvalue weighted by Crippen LogP contribution is 2.37. The highest BCUT2D eigenvalue weighted by molar-refractivity contribution is 9.10. The maximum atomic E-state index is 13.6. The van der Waals surface area contributed by atoms with Gasteiger partial charge in [-0.05, 0) is 48.4 Å². The first-order chi connectivity index (χ1) is 13.8. The number of aromatic nitrogens is 2. The summed E-state index contributed by atoms with van der Waals surface area (Å²) >= 11 is 3.34. The van der Waals surface area contributed by atoms with Crippen LogP contribution in [0.25, 0.3) is 0 Å². The number of halogens is 4. The van der Waals surface area contributed by atoms with Crippen LogP contribution >= 0.6 is 15.9 Å². The number of alkyl halides is 3. The van der Waals surface area contributed by atoms with Crippen LogP contribution in [0.4, 0.5) is 36.3 Å². The van der Waals surface area contributed by atoms with Gasteiger partial charge in [-0.25, -0.2) is 4.98 Å². The Morgan fingerprint density at radius 2 is 1.69 bits per heavy atom. The van der Waals surface area contributed by atoms with Gasteiger partial charge >= 0.3 is 6.18 Å². The van der Waals surface area contributed by atoms with Gasteiger partial charge < -0.3 is 10.2 Å². The number of aryl methyl sites for hydroxylation is 1. The molecule has 2 aromatic carbocycles. The molecule has 0 atom stereocenters. The third-order valence-corrected chi connectivity index (χ3v) is 4.88. The number of nitrogens with one attached hydrogen (secondary N) is 1. The van der Waals surface area contributed by atoms with E-state index >= 15 is 0 Å². The lowest BCUT2D eigenvalue weighted by Crippen LogP contribution is -2.19. The van der Waals surface area contributed by atoms with Crippen LogP contribution in [0.1, 0.15) is 24.5 Å². The lowest BCUT2D eigenvalue weighted by atomic mass is 10.1. The van der Waals surface area contributed by atoms with E-state index in [0.717, 1.165) is 29.1 Å². The molecule has 0 saturated carbocycles. The van der Waals surface area contributed by atoms with Gasteiger partial charge in [0.15, 0.2) is 5.82 Å². The molecule has 0 saturated heterocycles. The molecular weight excluding hydrogens is 445 g/mol. The molecule has 1 aromatic heterocycles. The summed E-state index contributed by atoms with van der Waals surface area (Å²) in [5.74, 6) is -0.125. The lowest BCUT2D eigenvalue weighted by Gasteiger charge is -2.23. The molecular formula is C21H20BrF3N4. The highest BCUT2D eigenvalue weighted by Gasteiger charge is 2.36. The van der Waals surface area contributed by atoms with Crippen molar-refractivity contribution in [3.05, 3.63) is 70.3 Å². The Kier molecular flexibility index (Phi) is 6.42. The van der Waals surface area contributed by atoms with E-state index in [-0.39, 0.29) is 11.8 Å².